The summed E-state index contributed by atoms with van der Waals surface area (Å²) in [6, 6.07) is -0.648. The van der Waals surface area contributed by atoms with Crippen LogP contribution in [-0.2, 0) is 13.3 Å². The Bertz CT molecular complexity index is 228. The van der Waals surface area contributed by atoms with E-state index in [-0.39, 0.29) is 11.6 Å². The molecule has 6 nitrogen and oxygen atoms in total. The molecule has 2 amide bonds. The van der Waals surface area contributed by atoms with Gasteiger partial charge in [-0.3, -0.25) is 0 Å². The largest absolute Gasteiger partial charge is 0.505 e. The van der Waals surface area contributed by atoms with Crippen LogP contribution in [0.3, 0.4) is 0 Å². The normalized spacial score (nSPS) is 15.4. The first-order valence-electron chi connectivity index (χ1n) is 5.72. The third-order valence-corrected chi connectivity index (χ3v) is 6.43. The predicted molar refractivity (Wildman–Crippen MR) is 67.6 cm³/mol. The fraction of sp³-hybridized carbons (Fsp3) is 0.900. The molecule has 0 saturated heterocycles. The van der Waals surface area contributed by atoms with Gasteiger partial charge in [-0.05, 0) is 12.8 Å². The van der Waals surface area contributed by atoms with Gasteiger partial charge < -0.3 is 24.3 Å². The standard InChI is InChI=1S/C10H24N2O4Si/c1-6-8(12-10(11)13)9(7-2)17(14-3,15-4)16-5/h8-9H,6-7H2,1-5H3,(H3,11,12,13). The van der Waals surface area contributed by atoms with E-state index in [1.807, 2.05) is 13.8 Å². The number of rotatable bonds is 8. The van der Waals surface area contributed by atoms with E-state index >= 15 is 0 Å². The molecule has 0 aromatic carbocycles. The lowest BCUT2D eigenvalue weighted by Gasteiger charge is -2.36. The lowest BCUT2D eigenvalue weighted by atomic mass is 10.1. The third kappa shape index (κ3) is 3.95. The summed E-state index contributed by atoms with van der Waals surface area (Å²) in [6.45, 7) is 3.98. The Labute approximate surface area is 104 Å². The summed E-state index contributed by atoms with van der Waals surface area (Å²) >= 11 is 0. The molecule has 0 aliphatic heterocycles. The van der Waals surface area contributed by atoms with E-state index in [0.29, 0.717) is 0 Å². The van der Waals surface area contributed by atoms with Gasteiger partial charge in [0.15, 0.2) is 0 Å². The quantitative estimate of drug-likeness (QED) is 0.643. The van der Waals surface area contributed by atoms with Crippen molar-refractivity contribution >= 4 is 14.8 Å². The fourth-order valence-corrected chi connectivity index (χ4v) is 4.88. The molecule has 0 fully saturated rings. The Morgan fingerprint density at radius 2 is 1.65 bits per heavy atom. The van der Waals surface area contributed by atoms with E-state index in [1.54, 1.807) is 21.3 Å². The summed E-state index contributed by atoms with van der Waals surface area (Å²) in [4.78, 5) is 11.0. The summed E-state index contributed by atoms with van der Waals surface area (Å²) in [7, 11) is 1.94. The van der Waals surface area contributed by atoms with Crippen molar-refractivity contribution in [3.05, 3.63) is 0 Å². The number of urea groups is 1. The Kier molecular flexibility index (Phi) is 7.36. The SMILES string of the molecule is CCC(NC(N)=O)C(CC)[Si](OC)(OC)OC. The van der Waals surface area contributed by atoms with Crippen LogP contribution in [0.1, 0.15) is 26.7 Å². The summed E-state index contributed by atoms with van der Waals surface area (Å²) in [5, 5.41) is 2.72. The van der Waals surface area contributed by atoms with Gasteiger partial charge in [-0.1, -0.05) is 13.8 Å². The first-order chi connectivity index (χ1) is 8.01. The van der Waals surface area contributed by atoms with E-state index in [4.69, 9.17) is 19.0 Å². The minimum Gasteiger partial charge on any atom is -0.377 e. The summed E-state index contributed by atoms with van der Waals surface area (Å²) in [5.74, 6) is 0. The monoisotopic (exact) mass is 264 g/mol. The highest BCUT2D eigenvalue weighted by Gasteiger charge is 2.49. The van der Waals surface area contributed by atoms with Crippen LogP contribution in [0, 0.1) is 0 Å². The van der Waals surface area contributed by atoms with Crippen molar-refractivity contribution in [2.75, 3.05) is 21.3 Å². The highest BCUT2D eigenvalue weighted by atomic mass is 28.4. The van der Waals surface area contributed by atoms with Crippen LogP contribution in [0.2, 0.25) is 5.54 Å². The Hall–Kier alpha value is -0.633. The Morgan fingerprint density at radius 1 is 1.18 bits per heavy atom. The molecular formula is C10H24N2O4Si. The number of amides is 2. The Balaban J connectivity index is 5.04. The van der Waals surface area contributed by atoms with E-state index < -0.39 is 14.8 Å². The van der Waals surface area contributed by atoms with Gasteiger partial charge in [0.1, 0.15) is 0 Å². The molecule has 0 spiro atoms. The number of hydrogen-bond donors (Lipinski definition) is 2. The van der Waals surface area contributed by atoms with Gasteiger partial charge in [0, 0.05) is 32.9 Å². The van der Waals surface area contributed by atoms with Crippen molar-refractivity contribution in [2.45, 2.75) is 38.3 Å². The van der Waals surface area contributed by atoms with E-state index in [1.165, 1.54) is 0 Å². The van der Waals surface area contributed by atoms with Gasteiger partial charge in [-0.2, -0.15) is 0 Å². The van der Waals surface area contributed by atoms with Crippen LogP contribution in [0.25, 0.3) is 0 Å². The molecule has 0 saturated carbocycles. The first-order valence-corrected chi connectivity index (χ1v) is 7.52. The van der Waals surface area contributed by atoms with Crippen molar-refractivity contribution in [1.82, 2.24) is 5.32 Å². The number of nitrogens with two attached hydrogens (primary N) is 1. The first kappa shape index (κ1) is 16.4. The molecule has 102 valence electrons. The zero-order chi connectivity index (χ0) is 13.5. The molecule has 2 atom stereocenters. The topological polar surface area (TPSA) is 82.8 Å². The maximum absolute atomic E-state index is 11.0. The predicted octanol–water partition coefficient (Wildman–Crippen LogP) is 1.09. The second kappa shape index (κ2) is 7.65. The van der Waals surface area contributed by atoms with Crippen LogP contribution in [-0.4, -0.2) is 42.2 Å². The molecule has 3 N–H and O–H groups in total. The molecule has 0 aromatic rings. The molecule has 2 unspecified atom stereocenters. The highest BCUT2D eigenvalue weighted by molar-refractivity contribution is 6.62. The number of primary amides is 1. The number of carbonyl (C=O) groups excluding carboxylic acids is 1. The smallest absolute Gasteiger partial charge is 0.377 e. The maximum atomic E-state index is 11.0. The van der Waals surface area contributed by atoms with Crippen molar-refractivity contribution < 1.29 is 18.1 Å². The number of carbonyl (C=O) groups is 1. The zero-order valence-corrected chi connectivity index (χ0v) is 12.3. The number of hydrogen-bond acceptors (Lipinski definition) is 4. The Morgan fingerprint density at radius 3 is 1.88 bits per heavy atom. The molecule has 0 aliphatic rings. The lowest BCUT2D eigenvalue weighted by Crippen LogP contribution is -2.55. The molecule has 0 aliphatic carbocycles. The van der Waals surface area contributed by atoms with E-state index in [2.05, 4.69) is 5.32 Å². The fourth-order valence-electron chi connectivity index (χ4n) is 2.15. The van der Waals surface area contributed by atoms with Gasteiger partial charge in [-0.15, -0.1) is 0 Å². The van der Waals surface area contributed by atoms with Gasteiger partial charge >= 0.3 is 14.8 Å². The van der Waals surface area contributed by atoms with Crippen LogP contribution in [0.15, 0.2) is 0 Å². The summed E-state index contributed by atoms with van der Waals surface area (Å²) in [6.07, 6.45) is 1.52. The van der Waals surface area contributed by atoms with Gasteiger partial charge in [0.2, 0.25) is 0 Å². The summed E-state index contributed by atoms with van der Waals surface area (Å²) in [5.41, 5.74) is 5.16. The van der Waals surface area contributed by atoms with Crippen LogP contribution < -0.4 is 11.1 Å². The van der Waals surface area contributed by atoms with Crippen LogP contribution in [0.4, 0.5) is 4.79 Å². The lowest BCUT2D eigenvalue weighted by molar-refractivity contribution is 0.104. The third-order valence-electron chi connectivity index (χ3n) is 3.00. The molecule has 7 heteroatoms. The van der Waals surface area contributed by atoms with Crippen molar-refractivity contribution in [2.24, 2.45) is 5.73 Å². The van der Waals surface area contributed by atoms with Crippen LogP contribution >= 0.6 is 0 Å². The van der Waals surface area contributed by atoms with E-state index in [0.717, 1.165) is 12.8 Å². The summed E-state index contributed by atoms with van der Waals surface area (Å²) < 4.78 is 16.4. The van der Waals surface area contributed by atoms with Gasteiger partial charge in [0.25, 0.3) is 0 Å². The molecule has 0 heterocycles. The van der Waals surface area contributed by atoms with Crippen LogP contribution in [0.5, 0.6) is 0 Å². The molecule has 0 radical (unpaired) electrons. The molecular weight excluding hydrogens is 240 g/mol. The zero-order valence-electron chi connectivity index (χ0n) is 11.3. The minimum atomic E-state index is -2.77. The highest BCUT2D eigenvalue weighted by Crippen LogP contribution is 2.32. The maximum Gasteiger partial charge on any atom is 0.505 e. The van der Waals surface area contributed by atoms with Crippen molar-refractivity contribution in [3.8, 4) is 0 Å². The average Bonchev–Trinajstić information content (AvgIpc) is 2.33. The molecule has 0 bridgehead atoms. The van der Waals surface area contributed by atoms with Crippen molar-refractivity contribution in [1.29, 1.82) is 0 Å². The van der Waals surface area contributed by atoms with E-state index in [9.17, 15) is 4.79 Å². The molecule has 17 heavy (non-hydrogen) atoms. The van der Waals surface area contributed by atoms with Crippen molar-refractivity contribution in [3.63, 3.8) is 0 Å². The number of nitrogens with one attached hydrogen (secondary N) is 1. The van der Waals surface area contributed by atoms with Gasteiger partial charge in [0.05, 0.1) is 0 Å². The molecule has 0 aromatic heterocycles. The molecule has 0 rings (SSSR count). The second-order valence-electron chi connectivity index (χ2n) is 3.75. The minimum absolute atomic E-state index is 0.0139. The average molecular weight is 264 g/mol. The van der Waals surface area contributed by atoms with Gasteiger partial charge in [-0.25, -0.2) is 4.79 Å². The second-order valence-corrected chi connectivity index (χ2v) is 6.93.